The smallest absolute Gasteiger partial charge is 0.243 e. The summed E-state index contributed by atoms with van der Waals surface area (Å²) >= 11 is 0. The third kappa shape index (κ3) is 2.40. The molecule has 118 valence electrons. The van der Waals surface area contributed by atoms with Gasteiger partial charge in [-0.15, -0.1) is 0 Å². The fourth-order valence-corrected chi connectivity index (χ4v) is 4.38. The molecular weight excluding hydrogens is 302 g/mol. The van der Waals surface area contributed by atoms with Gasteiger partial charge >= 0.3 is 0 Å². The highest BCUT2D eigenvalue weighted by Gasteiger charge is 2.31. The van der Waals surface area contributed by atoms with Gasteiger partial charge in [-0.2, -0.15) is 4.31 Å². The number of rotatable bonds is 3. The first-order valence-corrected chi connectivity index (χ1v) is 8.51. The molecule has 0 fully saturated rings. The minimum absolute atomic E-state index is 0.332. The summed E-state index contributed by atoms with van der Waals surface area (Å²) in [4.78, 5) is 4.64. The number of hydrogen-bond donors (Lipinski definition) is 0. The van der Waals surface area contributed by atoms with E-state index in [0.29, 0.717) is 35.7 Å². The molecular formula is C15H19N3O3S. The van der Waals surface area contributed by atoms with Crippen molar-refractivity contribution in [3.63, 3.8) is 0 Å². The molecule has 0 aliphatic carbocycles. The monoisotopic (exact) mass is 321 g/mol. The molecule has 3 rings (SSSR count). The molecule has 2 heterocycles. The molecule has 0 amide bonds. The lowest BCUT2D eigenvalue weighted by molar-refractivity contribution is 0.379. The molecule has 6 nitrogen and oxygen atoms in total. The molecule has 0 radical (unpaired) electrons. The van der Waals surface area contributed by atoms with E-state index in [1.165, 1.54) is 4.31 Å². The van der Waals surface area contributed by atoms with Crippen LogP contribution >= 0.6 is 0 Å². The number of aromatic nitrogens is 2. The van der Waals surface area contributed by atoms with Crippen molar-refractivity contribution in [2.75, 3.05) is 13.7 Å². The first-order valence-electron chi connectivity index (χ1n) is 7.07. The van der Waals surface area contributed by atoms with Crippen LogP contribution in [0.15, 0.2) is 29.4 Å². The predicted octanol–water partition coefficient (Wildman–Crippen LogP) is 1.48. The summed E-state index contributed by atoms with van der Waals surface area (Å²) in [7, 11) is -0.0619. The molecule has 0 unspecified atom stereocenters. The molecule has 0 bridgehead atoms. The Morgan fingerprint density at radius 1 is 1.32 bits per heavy atom. The predicted molar refractivity (Wildman–Crippen MR) is 82.2 cm³/mol. The van der Waals surface area contributed by atoms with Crippen molar-refractivity contribution >= 4 is 10.0 Å². The van der Waals surface area contributed by atoms with Crippen LogP contribution in [0.5, 0.6) is 5.75 Å². The van der Waals surface area contributed by atoms with Crippen LogP contribution in [0.4, 0.5) is 0 Å². The molecule has 7 heteroatoms. The minimum Gasteiger partial charge on any atom is -0.497 e. The molecule has 0 saturated carbocycles. The highest BCUT2D eigenvalue weighted by molar-refractivity contribution is 7.89. The van der Waals surface area contributed by atoms with Crippen LogP contribution in [0, 0.1) is 6.92 Å². The van der Waals surface area contributed by atoms with E-state index in [-0.39, 0.29) is 0 Å². The van der Waals surface area contributed by atoms with Gasteiger partial charge in [0, 0.05) is 20.0 Å². The van der Waals surface area contributed by atoms with Crippen molar-refractivity contribution in [2.45, 2.75) is 24.8 Å². The number of sulfonamides is 1. The number of hydrogen-bond acceptors (Lipinski definition) is 4. The van der Waals surface area contributed by atoms with Gasteiger partial charge in [-0.1, -0.05) is 0 Å². The summed E-state index contributed by atoms with van der Waals surface area (Å²) in [5, 5.41) is 0. The number of imidazole rings is 1. The number of nitrogens with zero attached hydrogens (tertiary/aromatic N) is 3. The summed E-state index contributed by atoms with van der Waals surface area (Å²) in [5.41, 5.74) is 2.64. The third-order valence-corrected chi connectivity index (χ3v) is 6.08. The first-order chi connectivity index (χ1) is 10.4. The lowest BCUT2D eigenvalue weighted by Gasteiger charge is -2.27. The third-order valence-electron chi connectivity index (χ3n) is 4.07. The minimum atomic E-state index is -3.52. The van der Waals surface area contributed by atoms with Crippen LogP contribution in [-0.2, 0) is 30.0 Å². The Morgan fingerprint density at radius 3 is 2.77 bits per heavy atom. The van der Waals surface area contributed by atoms with Gasteiger partial charge in [-0.05, 0) is 30.7 Å². The Morgan fingerprint density at radius 2 is 2.09 bits per heavy atom. The second kappa shape index (κ2) is 5.40. The van der Waals surface area contributed by atoms with E-state index in [1.54, 1.807) is 38.6 Å². The maximum atomic E-state index is 12.9. The van der Waals surface area contributed by atoms with Crippen molar-refractivity contribution in [3.8, 4) is 5.75 Å². The number of benzene rings is 1. The van der Waals surface area contributed by atoms with Crippen molar-refractivity contribution in [1.82, 2.24) is 13.9 Å². The Hall–Kier alpha value is -1.86. The highest BCUT2D eigenvalue weighted by atomic mass is 32.2. The fourth-order valence-electron chi connectivity index (χ4n) is 2.77. The zero-order chi connectivity index (χ0) is 15.9. The van der Waals surface area contributed by atoms with E-state index < -0.39 is 10.0 Å². The molecule has 1 aliphatic rings. The molecule has 0 N–H and O–H groups in total. The lowest BCUT2D eigenvalue weighted by Crippen LogP contribution is -2.36. The Balaban J connectivity index is 1.96. The van der Waals surface area contributed by atoms with E-state index in [4.69, 9.17) is 4.74 Å². The topological polar surface area (TPSA) is 64.4 Å². The Kier molecular flexibility index (Phi) is 3.70. The highest BCUT2D eigenvalue weighted by Crippen LogP contribution is 2.27. The SMILES string of the molecule is COc1ccc(S(=O)(=O)N2CCc3ncn(C)c3C2)c(C)c1. The standard InChI is InChI=1S/C15H19N3O3S/c1-11-8-12(21-3)4-5-15(11)22(19,20)18-7-6-13-14(9-18)17(2)10-16-13/h4-5,8,10H,6-7,9H2,1-3H3. The van der Waals surface area contributed by atoms with E-state index in [9.17, 15) is 8.42 Å². The van der Waals surface area contributed by atoms with Gasteiger partial charge in [0.05, 0.1) is 36.3 Å². The van der Waals surface area contributed by atoms with Gasteiger partial charge in [-0.25, -0.2) is 13.4 Å². The molecule has 1 aliphatic heterocycles. The molecule has 0 atom stereocenters. The van der Waals surface area contributed by atoms with Crippen LogP contribution < -0.4 is 4.74 Å². The molecule has 0 saturated heterocycles. The van der Waals surface area contributed by atoms with Gasteiger partial charge in [0.15, 0.2) is 0 Å². The van der Waals surface area contributed by atoms with Crippen molar-refractivity contribution in [1.29, 1.82) is 0 Å². The number of fused-ring (bicyclic) bond motifs is 1. The van der Waals surface area contributed by atoms with Gasteiger partial charge < -0.3 is 9.30 Å². The summed E-state index contributed by atoms with van der Waals surface area (Å²) in [6.07, 6.45) is 2.38. The number of aryl methyl sites for hydroxylation is 2. The molecule has 22 heavy (non-hydrogen) atoms. The van der Waals surface area contributed by atoms with E-state index in [1.807, 2.05) is 11.6 Å². The number of methoxy groups -OCH3 is 1. The first kappa shape index (κ1) is 15.1. The van der Waals surface area contributed by atoms with Crippen LogP contribution in [0.25, 0.3) is 0 Å². The second-order valence-electron chi connectivity index (χ2n) is 5.47. The maximum Gasteiger partial charge on any atom is 0.243 e. The Bertz CT molecular complexity index is 811. The molecule has 0 spiro atoms. The van der Waals surface area contributed by atoms with Crippen LogP contribution in [0.3, 0.4) is 0 Å². The molecule has 1 aromatic heterocycles. The number of ether oxygens (including phenoxy) is 1. The zero-order valence-electron chi connectivity index (χ0n) is 12.9. The average molecular weight is 321 g/mol. The summed E-state index contributed by atoms with van der Waals surface area (Å²) in [5.74, 6) is 0.656. The maximum absolute atomic E-state index is 12.9. The van der Waals surface area contributed by atoms with E-state index in [2.05, 4.69) is 4.98 Å². The normalized spacial score (nSPS) is 15.6. The second-order valence-corrected chi connectivity index (χ2v) is 7.38. The van der Waals surface area contributed by atoms with E-state index in [0.717, 1.165) is 11.4 Å². The zero-order valence-corrected chi connectivity index (χ0v) is 13.7. The average Bonchev–Trinajstić information content (AvgIpc) is 2.87. The van der Waals surface area contributed by atoms with Crippen molar-refractivity contribution < 1.29 is 13.2 Å². The quantitative estimate of drug-likeness (QED) is 0.859. The lowest BCUT2D eigenvalue weighted by atomic mass is 10.2. The van der Waals surface area contributed by atoms with Crippen molar-refractivity contribution in [2.24, 2.45) is 7.05 Å². The van der Waals surface area contributed by atoms with Crippen molar-refractivity contribution in [3.05, 3.63) is 41.5 Å². The van der Waals surface area contributed by atoms with Gasteiger partial charge in [0.25, 0.3) is 0 Å². The largest absolute Gasteiger partial charge is 0.497 e. The molecule has 1 aromatic carbocycles. The van der Waals surface area contributed by atoms with Crippen LogP contribution in [0.1, 0.15) is 17.0 Å². The Labute approximate surface area is 130 Å². The van der Waals surface area contributed by atoms with Gasteiger partial charge in [0.2, 0.25) is 10.0 Å². The van der Waals surface area contributed by atoms with Gasteiger partial charge in [-0.3, -0.25) is 0 Å². The van der Waals surface area contributed by atoms with Gasteiger partial charge in [0.1, 0.15) is 5.75 Å². The molecule has 2 aromatic rings. The summed E-state index contributed by atoms with van der Waals surface area (Å²) in [6.45, 7) is 2.60. The van der Waals surface area contributed by atoms with E-state index >= 15 is 0 Å². The van der Waals surface area contributed by atoms with Crippen LogP contribution in [0.2, 0.25) is 0 Å². The summed E-state index contributed by atoms with van der Waals surface area (Å²) in [6, 6.07) is 5.04. The fraction of sp³-hybridized carbons (Fsp3) is 0.400. The van der Waals surface area contributed by atoms with Crippen LogP contribution in [-0.4, -0.2) is 35.9 Å². The summed E-state index contributed by atoms with van der Waals surface area (Å²) < 4.78 is 34.4.